The molecule has 1 atom stereocenters. The Morgan fingerprint density at radius 3 is 2.71 bits per heavy atom. The largest absolute Gasteiger partial charge is 0.456 e. The molecule has 0 aliphatic heterocycles. The van der Waals surface area contributed by atoms with E-state index in [2.05, 4.69) is 5.32 Å². The fourth-order valence-electron chi connectivity index (χ4n) is 1.89. The molecule has 1 aromatic carbocycles. The molecule has 0 aliphatic rings. The highest BCUT2D eigenvalue weighted by Gasteiger charge is 2.12. The molecule has 24 heavy (non-hydrogen) atoms. The molecule has 0 bridgehead atoms. The van der Waals surface area contributed by atoms with Crippen LogP contribution >= 0.6 is 34.7 Å². The van der Waals surface area contributed by atoms with Gasteiger partial charge in [0.2, 0.25) is 0 Å². The number of thiophene rings is 1. The molecule has 2 rings (SSSR count). The van der Waals surface area contributed by atoms with E-state index in [1.54, 1.807) is 35.2 Å². The average molecular weight is 384 g/mol. The number of carbonyl (C=O) groups excluding carboxylic acids is 2. The minimum absolute atomic E-state index is 0.0864. The molecule has 0 saturated carbocycles. The van der Waals surface area contributed by atoms with E-state index < -0.39 is 0 Å². The number of nitrogens with one attached hydrogen (secondary N) is 1. The minimum Gasteiger partial charge on any atom is -0.456 e. The minimum atomic E-state index is -0.379. The van der Waals surface area contributed by atoms with Crippen LogP contribution in [0.4, 0.5) is 0 Å². The highest BCUT2D eigenvalue weighted by molar-refractivity contribution is 7.99. The fraction of sp³-hybridized carbons (Fsp3) is 0.294. The van der Waals surface area contributed by atoms with Crippen molar-refractivity contribution in [2.24, 2.45) is 0 Å². The maximum Gasteiger partial charge on any atom is 0.307 e. The standard InChI is InChI=1S/C17H18ClNO3S2/c1-12(15-3-2-9-24-15)19-16(20)11-22-17(21)8-10-23-14-6-4-13(18)5-7-14/h2-7,9,12H,8,10-11H2,1H3,(H,19,20)/t12-/m0/s1. The zero-order valence-electron chi connectivity index (χ0n) is 13.2. The molecule has 0 aliphatic carbocycles. The van der Waals surface area contributed by atoms with Crippen LogP contribution in [0, 0.1) is 0 Å². The summed E-state index contributed by atoms with van der Waals surface area (Å²) in [6, 6.07) is 11.2. The molecule has 128 valence electrons. The lowest BCUT2D eigenvalue weighted by Gasteiger charge is -2.12. The van der Waals surface area contributed by atoms with Crippen molar-refractivity contribution >= 4 is 46.6 Å². The summed E-state index contributed by atoms with van der Waals surface area (Å²) in [5.41, 5.74) is 0. The van der Waals surface area contributed by atoms with Crippen LogP contribution in [-0.2, 0) is 14.3 Å². The Labute approximate surface area is 154 Å². The summed E-state index contributed by atoms with van der Waals surface area (Å²) in [4.78, 5) is 25.6. The molecule has 1 amide bonds. The summed E-state index contributed by atoms with van der Waals surface area (Å²) in [6.45, 7) is 1.65. The molecule has 4 nitrogen and oxygen atoms in total. The van der Waals surface area contributed by atoms with Gasteiger partial charge in [-0.2, -0.15) is 0 Å². The van der Waals surface area contributed by atoms with Gasteiger partial charge in [-0.3, -0.25) is 9.59 Å². The summed E-state index contributed by atoms with van der Waals surface area (Å²) >= 11 is 8.93. The van der Waals surface area contributed by atoms with Crippen LogP contribution in [0.3, 0.4) is 0 Å². The topological polar surface area (TPSA) is 55.4 Å². The van der Waals surface area contributed by atoms with E-state index >= 15 is 0 Å². The molecule has 0 fully saturated rings. The number of rotatable bonds is 8. The van der Waals surface area contributed by atoms with E-state index in [4.69, 9.17) is 16.3 Å². The van der Waals surface area contributed by atoms with Gasteiger partial charge in [0.15, 0.2) is 6.61 Å². The third-order valence-corrected chi connectivity index (χ3v) is 5.42. The van der Waals surface area contributed by atoms with Gasteiger partial charge in [-0.15, -0.1) is 23.1 Å². The Bertz CT molecular complexity index is 659. The first-order chi connectivity index (χ1) is 11.5. The predicted molar refractivity (Wildman–Crippen MR) is 98.6 cm³/mol. The second-order valence-electron chi connectivity index (χ2n) is 5.02. The maximum atomic E-state index is 11.8. The molecule has 2 aromatic rings. The van der Waals surface area contributed by atoms with Crippen molar-refractivity contribution in [2.75, 3.05) is 12.4 Å². The Hall–Kier alpha value is -1.50. The van der Waals surface area contributed by atoms with Gasteiger partial charge in [0.1, 0.15) is 0 Å². The van der Waals surface area contributed by atoms with Crippen molar-refractivity contribution in [3.63, 3.8) is 0 Å². The molecular weight excluding hydrogens is 366 g/mol. The van der Waals surface area contributed by atoms with Gasteiger partial charge in [-0.1, -0.05) is 17.7 Å². The number of hydrogen-bond donors (Lipinski definition) is 1. The van der Waals surface area contributed by atoms with Crippen LogP contribution < -0.4 is 5.32 Å². The summed E-state index contributed by atoms with van der Waals surface area (Å²) in [6.07, 6.45) is 0.251. The van der Waals surface area contributed by atoms with E-state index in [1.807, 2.05) is 36.6 Å². The van der Waals surface area contributed by atoms with Gasteiger partial charge < -0.3 is 10.1 Å². The lowest BCUT2D eigenvalue weighted by Crippen LogP contribution is -2.30. The normalized spacial score (nSPS) is 11.8. The second-order valence-corrected chi connectivity index (χ2v) is 7.60. The van der Waals surface area contributed by atoms with Crippen LogP contribution in [-0.4, -0.2) is 24.2 Å². The second kappa shape index (κ2) is 9.71. The van der Waals surface area contributed by atoms with Crippen LogP contribution in [0.1, 0.15) is 24.3 Å². The molecule has 1 heterocycles. The Balaban J connectivity index is 1.62. The highest BCUT2D eigenvalue weighted by atomic mass is 35.5. The van der Waals surface area contributed by atoms with E-state index in [1.165, 1.54) is 0 Å². The van der Waals surface area contributed by atoms with Crippen LogP contribution in [0.15, 0.2) is 46.7 Å². The number of thioether (sulfide) groups is 1. The Morgan fingerprint density at radius 2 is 2.04 bits per heavy atom. The monoisotopic (exact) mass is 383 g/mol. The quantitative estimate of drug-likeness (QED) is 0.545. The predicted octanol–water partition coefficient (Wildman–Crippen LogP) is 4.30. The van der Waals surface area contributed by atoms with Crippen molar-refractivity contribution in [3.05, 3.63) is 51.7 Å². The molecule has 1 N–H and O–H groups in total. The van der Waals surface area contributed by atoms with Crippen LogP contribution in [0.5, 0.6) is 0 Å². The average Bonchev–Trinajstić information content (AvgIpc) is 3.09. The fourth-order valence-corrected chi connectivity index (χ4v) is 3.59. The van der Waals surface area contributed by atoms with Crippen LogP contribution in [0.25, 0.3) is 0 Å². The summed E-state index contributed by atoms with van der Waals surface area (Å²) in [5.74, 6) is -0.0850. The first kappa shape index (κ1) is 18.8. The number of ether oxygens (including phenoxy) is 1. The van der Waals surface area contributed by atoms with E-state index in [0.717, 1.165) is 9.77 Å². The molecule has 1 aromatic heterocycles. The summed E-state index contributed by atoms with van der Waals surface area (Å²) in [5, 5.41) is 5.44. The van der Waals surface area contributed by atoms with Gasteiger partial charge in [0, 0.05) is 20.5 Å². The number of esters is 1. The third-order valence-electron chi connectivity index (χ3n) is 3.10. The van der Waals surface area contributed by atoms with Crippen molar-refractivity contribution in [2.45, 2.75) is 24.3 Å². The molecule has 0 unspecified atom stereocenters. The smallest absolute Gasteiger partial charge is 0.307 e. The zero-order valence-corrected chi connectivity index (χ0v) is 15.5. The summed E-state index contributed by atoms with van der Waals surface area (Å²) in [7, 11) is 0. The van der Waals surface area contributed by atoms with Gasteiger partial charge in [-0.05, 0) is 42.6 Å². The first-order valence-corrected chi connectivity index (χ1v) is 9.65. The molecule has 0 radical (unpaired) electrons. The van der Waals surface area contributed by atoms with E-state index in [0.29, 0.717) is 10.8 Å². The lowest BCUT2D eigenvalue weighted by atomic mass is 10.3. The SMILES string of the molecule is C[C@H](NC(=O)COC(=O)CCSc1ccc(Cl)cc1)c1cccs1. The van der Waals surface area contributed by atoms with Crippen molar-refractivity contribution < 1.29 is 14.3 Å². The lowest BCUT2D eigenvalue weighted by molar-refractivity contribution is -0.148. The van der Waals surface area contributed by atoms with Crippen molar-refractivity contribution in [1.82, 2.24) is 5.32 Å². The van der Waals surface area contributed by atoms with Gasteiger partial charge in [-0.25, -0.2) is 0 Å². The maximum absolute atomic E-state index is 11.8. The molecular formula is C17H18ClNO3S2. The van der Waals surface area contributed by atoms with Crippen molar-refractivity contribution in [1.29, 1.82) is 0 Å². The highest BCUT2D eigenvalue weighted by Crippen LogP contribution is 2.21. The molecule has 7 heteroatoms. The van der Waals surface area contributed by atoms with E-state index in [-0.39, 0.29) is 30.9 Å². The van der Waals surface area contributed by atoms with Gasteiger partial charge in [0.05, 0.1) is 12.5 Å². The van der Waals surface area contributed by atoms with Crippen molar-refractivity contribution in [3.8, 4) is 0 Å². The molecule has 0 saturated heterocycles. The van der Waals surface area contributed by atoms with Crippen LogP contribution in [0.2, 0.25) is 5.02 Å². The van der Waals surface area contributed by atoms with Gasteiger partial charge >= 0.3 is 5.97 Å². The van der Waals surface area contributed by atoms with Gasteiger partial charge in [0.25, 0.3) is 5.91 Å². The Kier molecular flexibility index (Phi) is 7.62. The third kappa shape index (κ3) is 6.55. The number of amides is 1. The summed E-state index contributed by atoms with van der Waals surface area (Å²) < 4.78 is 5.00. The Morgan fingerprint density at radius 1 is 1.29 bits per heavy atom. The number of halogens is 1. The number of hydrogen-bond acceptors (Lipinski definition) is 5. The first-order valence-electron chi connectivity index (χ1n) is 7.41. The number of benzene rings is 1. The number of carbonyl (C=O) groups is 2. The van der Waals surface area contributed by atoms with E-state index in [9.17, 15) is 9.59 Å². The molecule has 0 spiro atoms. The zero-order chi connectivity index (χ0) is 17.4.